The van der Waals surface area contributed by atoms with Crippen LogP contribution in [0.2, 0.25) is 0 Å². The predicted molar refractivity (Wildman–Crippen MR) is 159 cm³/mol. The first-order valence-corrected chi connectivity index (χ1v) is 14.8. The highest BCUT2D eigenvalue weighted by Gasteiger charge is 2.40. The van der Waals surface area contributed by atoms with Crippen LogP contribution in [0.15, 0.2) is 30.3 Å². The van der Waals surface area contributed by atoms with Crippen molar-refractivity contribution in [1.82, 2.24) is 10.2 Å². The Hall–Kier alpha value is -2.49. The lowest BCUT2D eigenvalue weighted by Gasteiger charge is -2.35. The average molecular weight is 566 g/mol. The molecule has 5 unspecified atom stereocenters. The molecule has 1 saturated heterocycles. The maximum atomic E-state index is 13.3. The molecule has 9 heteroatoms. The topological polar surface area (TPSA) is 131 Å². The number of nitrogens with one attached hydrogen (secondary N) is 1. The molecular weight excluding hydrogens is 510 g/mol. The van der Waals surface area contributed by atoms with E-state index >= 15 is 0 Å². The number of hydrogen-bond acceptors (Lipinski definition) is 7. The summed E-state index contributed by atoms with van der Waals surface area (Å²) in [7, 11) is 2.59. The van der Waals surface area contributed by atoms with Crippen LogP contribution in [0.4, 0.5) is 0 Å². The third-order valence-electron chi connectivity index (χ3n) is 6.80. The molecule has 9 nitrogen and oxygen atoms in total. The van der Waals surface area contributed by atoms with E-state index in [0.29, 0.717) is 13.0 Å². The highest BCUT2D eigenvalue weighted by Crippen LogP contribution is 2.28. The number of esters is 1. The largest absolute Gasteiger partial charge is 0.454 e. The monoisotopic (exact) mass is 565 g/mol. The summed E-state index contributed by atoms with van der Waals surface area (Å²) in [5.74, 6) is -1.11. The Kier molecular flexibility index (Phi) is 20.8. The maximum Gasteiger partial charge on any atom is 0.320 e. The number of aliphatic hydroxyl groups excluding tert-OH is 1. The molecule has 0 radical (unpaired) electrons. The Labute approximate surface area is 242 Å². The van der Waals surface area contributed by atoms with Crippen molar-refractivity contribution in [2.75, 3.05) is 27.3 Å². The van der Waals surface area contributed by atoms with E-state index in [2.05, 4.69) is 26.1 Å². The van der Waals surface area contributed by atoms with Gasteiger partial charge < -0.3 is 30.5 Å². The van der Waals surface area contributed by atoms with Crippen molar-refractivity contribution in [1.29, 1.82) is 0 Å². The first-order chi connectivity index (χ1) is 19.2. The highest BCUT2D eigenvalue weighted by atomic mass is 16.5. The van der Waals surface area contributed by atoms with Crippen LogP contribution in [0, 0.1) is 5.92 Å². The Bertz CT molecular complexity index is 823. The van der Waals surface area contributed by atoms with Gasteiger partial charge >= 0.3 is 5.97 Å². The van der Waals surface area contributed by atoms with Gasteiger partial charge in [-0.3, -0.25) is 14.4 Å². The molecule has 1 aromatic rings. The Morgan fingerprint density at radius 3 is 2.25 bits per heavy atom. The van der Waals surface area contributed by atoms with Gasteiger partial charge in [-0.15, -0.1) is 0 Å². The average Bonchev–Trinajstić information content (AvgIpc) is 3.45. The van der Waals surface area contributed by atoms with Crippen LogP contribution in [0.25, 0.3) is 0 Å². The summed E-state index contributed by atoms with van der Waals surface area (Å²) in [4.78, 5) is 40.0. The number of methoxy groups -OCH3 is 1. The van der Waals surface area contributed by atoms with E-state index in [0.717, 1.165) is 51.2 Å². The number of carbonyl (C=O) groups is 3. The lowest BCUT2D eigenvalue weighted by Crippen LogP contribution is -2.51. The first kappa shape index (κ1) is 37.5. The van der Waals surface area contributed by atoms with Crippen molar-refractivity contribution in [2.24, 2.45) is 11.7 Å². The van der Waals surface area contributed by atoms with Gasteiger partial charge in [0.1, 0.15) is 6.10 Å². The third-order valence-corrected chi connectivity index (χ3v) is 6.80. The minimum absolute atomic E-state index is 0.130. The standard InChI is InChI=1S/C27H43N3O5.C3H8.CH4O/c1-5-6-7-11-16-23(31)30-17-12-15-22(30)25(34-4)19(2)27(33)29-20(3)26(35-24(32)18-28)21-13-9-8-10-14-21;1-3-2;1-2/h8-10,13-14,19-20,22,25-26H,5-7,11-12,15-18,28H2,1-4H3,(H,29,33);3H2,1-2H3;2H,1H3. The van der Waals surface area contributed by atoms with Crippen LogP contribution in [-0.2, 0) is 23.9 Å². The number of ether oxygens (including phenoxy) is 2. The molecule has 230 valence electrons. The fourth-order valence-electron chi connectivity index (χ4n) is 4.86. The zero-order valence-corrected chi connectivity index (χ0v) is 25.9. The summed E-state index contributed by atoms with van der Waals surface area (Å²) < 4.78 is 11.3. The molecule has 0 aliphatic carbocycles. The number of aliphatic hydroxyl groups is 1. The van der Waals surface area contributed by atoms with Crippen LogP contribution in [0.1, 0.15) is 97.7 Å². The van der Waals surface area contributed by atoms with E-state index < -0.39 is 30.1 Å². The van der Waals surface area contributed by atoms with Gasteiger partial charge in [0.2, 0.25) is 11.8 Å². The molecule has 1 heterocycles. The van der Waals surface area contributed by atoms with Crippen molar-refractivity contribution in [3.05, 3.63) is 35.9 Å². The first-order valence-electron chi connectivity index (χ1n) is 14.8. The molecule has 4 N–H and O–H groups in total. The second-order valence-corrected chi connectivity index (χ2v) is 10.1. The zero-order valence-electron chi connectivity index (χ0n) is 25.9. The van der Waals surface area contributed by atoms with Crippen molar-refractivity contribution >= 4 is 17.8 Å². The zero-order chi connectivity index (χ0) is 30.5. The molecule has 1 aromatic carbocycles. The maximum absolute atomic E-state index is 13.3. The molecule has 2 amide bonds. The van der Waals surface area contributed by atoms with Gasteiger partial charge in [-0.25, -0.2) is 0 Å². The molecule has 1 aliphatic rings. The van der Waals surface area contributed by atoms with E-state index in [1.54, 1.807) is 14.0 Å². The fraction of sp³-hybridized carbons (Fsp3) is 0.710. The highest BCUT2D eigenvalue weighted by molar-refractivity contribution is 5.80. The molecular formula is C31H55N3O6. The van der Waals surface area contributed by atoms with Gasteiger partial charge in [0, 0.05) is 27.2 Å². The van der Waals surface area contributed by atoms with Crippen LogP contribution in [0.3, 0.4) is 0 Å². The van der Waals surface area contributed by atoms with Gasteiger partial charge in [-0.05, 0) is 31.7 Å². The Morgan fingerprint density at radius 2 is 1.70 bits per heavy atom. The minimum Gasteiger partial charge on any atom is -0.454 e. The summed E-state index contributed by atoms with van der Waals surface area (Å²) in [6, 6.07) is 8.66. The van der Waals surface area contributed by atoms with E-state index in [-0.39, 0.29) is 24.4 Å². The van der Waals surface area contributed by atoms with E-state index in [9.17, 15) is 14.4 Å². The van der Waals surface area contributed by atoms with Gasteiger partial charge in [-0.2, -0.15) is 0 Å². The summed E-state index contributed by atoms with van der Waals surface area (Å²) in [6.07, 6.45) is 6.63. The second kappa shape index (κ2) is 22.2. The number of hydrogen-bond donors (Lipinski definition) is 3. The van der Waals surface area contributed by atoms with Gasteiger partial charge in [0.05, 0.1) is 30.7 Å². The van der Waals surface area contributed by atoms with E-state index in [1.165, 1.54) is 6.42 Å². The lowest BCUT2D eigenvalue weighted by atomic mass is 9.93. The number of rotatable bonds is 14. The van der Waals surface area contributed by atoms with Crippen molar-refractivity contribution < 1.29 is 29.0 Å². The molecule has 1 fully saturated rings. The quantitative estimate of drug-likeness (QED) is 0.225. The smallest absolute Gasteiger partial charge is 0.320 e. The van der Waals surface area contributed by atoms with Crippen LogP contribution < -0.4 is 11.1 Å². The summed E-state index contributed by atoms with van der Waals surface area (Å²) in [5, 5.41) is 10.00. The number of benzene rings is 1. The van der Waals surface area contributed by atoms with E-state index in [4.69, 9.17) is 20.3 Å². The summed E-state index contributed by atoms with van der Waals surface area (Å²) >= 11 is 0. The molecule has 0 saturated carbocycles. The number of unbranched alkanes of at least 4 members (excludes halogenated alkanes) is 3. The molecule has 0 aromatic heterocycles. The van der Waals surface area contributed by atoms with Gasteiger partial charge in [-0.1, -0.05) is 83.7 Å². The number of amides is 2. The predicted octanol–water partition coefficient (Wildman–Crippen LogP) is 4.37. The van der Waals surface area contributed by atoms with Crippen LogP contribution >= 0.6 is 0 Å². The normalized spacial score (nSPS) is 17.2. The van der Waals surface area contributed by atoms with E-state index in [1.807, 2.05) is 42.2 Å². The molecule has 0 bridgehead atoms. The lowest BCUT2D eigenvalue weighted by molar-refractivity contribution is -0.150. The summed E-state index contributed by atoms with van der Waals surface area (Å²) in [5.41, 5.74) is 6.22. The summed E-state index contributed by atoms with van der Waals surface area (Å²) in [6.45, 7) is 10.5. The number of nitrogens with zero attached hydrogens (tertiary/aromatic N) is 1. The molecule has 2 rings (SSSR count). The third kappa shape index (κ3) is 12.8. The van der Waals surface area contributed by atoms with Crippen molar-refractivity contribution in [3.63, 3.8) is 0 Å². The number of nitrogens with two attached hydrogens (primary N) is 1. The fourth-order valence-corrected chi connectivity index (χ4v) is 4.86. The van der Waals surface area contributed by atoms with Crippen molar-refractivity contribution in [2.45, 2.75) is 110 Å². The van der Waals surface area contributed by atoms with Crippen LogP contribution in [-0.4, -0.2) is 73.3 Å². The molecule has 40 heavy (non-hydrogen) atoms. The molecule has 0 spiro atoms. The van der Waals surface area contributed by atoms with Gasteiger partial charge in [0.25, 0.3) is 0 Å². The number of carbonyl (C=O) groups excluding carboxylic acids is 3. The minimum atomic E-state index is -0.669. The van der Waals surface area contributed by atoms with Crippen molar-refractivity contribution in [3.8, 4) is 0 Å². The number of likely N-dealkylation sites (tertiary alicyclic amines) is 1. The molecule has 5 atom stereocenters. The Morgan fingerprint density at radius 1 is 1.07 bits per heavy atom. The second-order valence-electron chi connectivity index (χ2n) is 10.1. The van der Waals surface area contributed by atoms with Gasteiger partial charge in [0.15, 0.2) is 0 Å². The molecule has 1 aliphatic heterocycles. The Balaban J connectivity index is 0.00000284. The van der Waals surface area contributed by atoms with Crippen LogP contribution in [0.5, 0.6) is 0 Å². The SMILES string of the molecule is CCC.CCCCCCC(=O)N1CCCC1C(OC)C(C)C(=O)NC(C)C(OC(=O)CN)c1ccccc1.CO.